The molecule has 88 valence electrons. The summed E-state index contributed by atoms with van der Waals surface area (Å²) in [6, 6.07) is 7.57. The molecule has 0 amide bonds. The van der Waals surface area contributed by atoms with E-state index in [0.29, 0.717) is 0 Å². The van der Waals surface area contributed by atoms with Gasteiger partial charge in [-0.05, 0) is 12.1 Å². The number of aromatic amines is 1. The number of H-pyrrole nitrogens is 1. The highest BCUT2D eigenvalue weighted by Crippen LogP contribution is 2.27. The second-order valence-corrected chi connectivity index (χ2v) is 3.86. The molecule has 0 aliphatic heterocycles. The second kappa shape index (κ2) is 4.29. The lowest BCUT2D eigenvalue weighted by Gasteiger charge is -2.05. The summed E-state index contributed by atoms with van der Waals surface area (Å²) in [5.41, 5.74) is 9.93. The lowest BCUT2D eigenvalue weighted by molar-refractivity contribution is 1.09. The number of aromatic nitrogens is 4. The molecule has 0 fully saturated rings. The zero-order valence-electron chi connectivity index (χ0n) is 9.54. The Hall–Kier alpha value is -2.69. The van der Waals surface area contributed by atoms with Crippen molar-refractivity contribution in [1.82, 2.24) is 20.2 Å². The molecule has 0 unspecified atom stereocenters. The van der Waals surface area contributed by atoms with Crippen LogP contribution in [0.4, 0.5) is 5.69 Å². The lowest BCUT2D eigenvalue weighted by Crippen LogP contribution is -1.92. The van der Waals surface area contributed by atoms with Crippen molar-refractivity contribution in [3.05, 3.63) is 49.1 Å². The summed E-state index contributed by atoms with van der Waals surface area (Å²) < 4.78 is 0. The van der Waals surface area contributed by atoms with Crippen molar-refractivity contribution < 1.29 is 0 Å². The van der Waals surface area contributed by atoms with Crippen LogP contribution in [0.5, 0.6) is 0 Å². The zero-order chi connectivity index (χ0) is 12.4. The van der Waals surface area contributed by atoms with E-state index in [1.54, 1.807) is 24.8 Å². The minimum Gasteiger partial charge on any atom is -0.399 e. The maximum Gasteiger partial charge on any atom is 0.0996 e. The van der Waals surface area contributed by atoms with Crippen LogP contribution in [0.25, 0.3) is 22.5 Å². The van der Waals surface area contributed by atoms with Crippen LogP contribution in [0.1, 0.15) is 0 Å². The van der Waals surface area contributed by atoms with E-state index in [1.807, 2.05) is 24.3 Å². The van der Waals surface area contributed by atoms with E-state index in [4.69, 9.17) is 5.73 Å². The number of nitrogen functional groups attached to an aromatic ring is 1. The lowest BCUT2D eigenvalue weighted by atomic mass is 10.1. The van der Waals surface area contributed by atoms with Gasteiger partial charge in [0.2, 0.25) is 0 Å². The summed E-state index contributed by atoms with van der Waals surface area (Å²) in [7, 11) is 0. The van der Waals surface area contributed by atoms with E-state index in [9.17, 15) is 0 Å². The Morgan fingerprint density at radius 3 is 2.17 bits per heavy atom. The number of anilines is 1. The van der Waals surface area contributed by atoms with Crippen molar-refractivity contribution >= 4 is 5.69 Å². The Bertz CT molecular complexity index is 643. The van der Waals surface area contributed by atoms with Crippen LogP contribution in [0, 0.1) is 0 Å². The van der Waals surface area contributed by atoms with Gasteiger partial charge in [0.15, 0.2) is 0 Å². The Balaban J connectivity index is 2.15. The molecule has 18 heavy (non-hydrogen) atoms. The van der Waals surface area contributed by atoms with Gasteiger partial charge in [-0.25, -0.2) is 0 Å². The minimum absolute atomic E-state index is 0.729. The number of nitrogens with one attached hydrogen (secondary N) is 1. The van der Waals surface area contributed by atoms with Crippen LogP contribution >= 0.6 is 0 Å². The van der Waals surface area contributed by atoms with Gasteiger partial charge in [-0.3, -0.25) is 15.1 Å². The van der Waals surface area contributed by atoms with Gasteiger partial charge in [0.1, 0.15) is 0 Å². The number of benzene rings is 1. The number of hydrogen-bond donors (Lipinski definition) is 2. The Labute approximate surface area is 104 Å². The summed E-state index contributed by atoms with van der Waals surface area (Å²) in [4.78, 5) is 8.76. The normalized spacial score (nSPS) is 10.4. The van der Waals surface area contributed by atoms with Gasteiger partial charge < -0.3 is 5.73 Å². The molecule has 5 heteroatoms. The number of nitrogens with two attached hydrogens (primary N) is 1. The number of hydrogen-bond acceptors (Lipinski definition) is 4. The Morgan fingerprint density at radius 1 is 0.889 bits per heavy atom. The fourth-order valence-corrected chi connectivity index (χ4v) is 1.78. The molecule has 5 nitrogen and oxygen atoms in total. The van der Waals surface area contributed by atoms with Gasteiger partial charge in [0, 0.05) is 35.4 Å². The molecule has 3 N–H and O–H groups in total. The molecular formula is C13H11N5. The summed E-state index contributed by atoms with van der Waals surface area (Å²) in [5, 5.41) is 6.71. The topological polar surface area (TPSA) is 80.5 Å². The quantitative estimate of drug-likeness (QED) is 0.669. The van der Waals surface area contributed by atoms with Crippen LogP contribution < -0.4 is 5.73 Å². The summed E-state index contributed by atoms with van der Waals surface area (Å²) in [6.45, 7) is 0. The highest BCUT2D eigenvalue weighted by molar-refractivity contribution is 5.77. The summed E-state index contributed by atoms with van der Waals surface area (Å²) >= 11 is 0. The number of rotatable bonds is 2. The average molecular weight is 237 g/mol. The van der Waals surface area contributed by atoms with Gasteiger partial charge >= 0.3 is 0 Å². The Morgan fingerprint density at radius 2 is 1.56 bits per heavy atom. The molecule has 2 aromatic heterocycles. The molecule has 0 radical (unpaired) electrons. The van der Waals surface area contributed by atoms with Crippen molar-refractivity contribution in [3.63, 3.8) is 0 Å². The maximum absolute atomic E-state index is 5.69. The molecule has 2 heterocycles. The molecule has 3 rings (SSSR count). The first-order valence-corrected chi connectivity index (χ1v) is 5.50. The minimum atomic E-state index is 0.729. The SMILES string of the molecule is Nc1ccc(-c2nccnc2-c2cn[nH]c2)cc1. The highest BCUT2D eigenvalue weighted by Gasteiger charge is 2.10. The summed E-state index contributed by atoms with van der Waals surface area (Å²) in [5.74, 6) is 0. The monoisotopic (exact) mass is 237 g/mol. The molecule has 0 saturated heterocycles. The van der Waals surface area contributed by atoms with Gasteiger partial charge in [-0.15, -0.1) is 0 Å². The van der Waals surface area contributed by atoms with E-state index < -0.39 is 0 Å². The van der Waals surface area contributed by atoms with Crippen LogP contribution in [-0.4, -0.2) is 20.2 Å². The predicted octanol–water partition coefficient (Wildman–Crippen LogP) is 2.12. The summed E-state index contributed by atoms with van der Waals surface area (Å²) in [6.07, 6.45) is 6.87. The Kier molecular flexibility index (Phi) is 2.49. The molecule has 3 aromatic rings. The van der Waals surface area contributed by atoms with E-state index in [0.717, 1.165) is 28.2 Å². The van der Waals surface area contributed by atoms with Crippen molar-refractivity contribution in [2.75, 3.05) is 5.73 Å². The first kappa shape index (κ1) is 10.5. The van der Waals surface area contributed by atoms with E-state index in [1.165, 1.54) is 0 Å². The van der Waals surface area contributed by atoms with E-state index >= 15 is 0 Å². The molecule has 0 bridgehead atoms. The fourth-order valence-electron chi connectivity index (χ4n) is 1.78. The second-order valence-electron chi connectivity index (χ2n) is 3.86. The maximum atomic E-state index is 5.69. The van der Waals surface area contributed by atoms with Crippen LogP contribution in [-0.2, 0) is 0 Å². The first-order chi connectivity index (χ1) is 8.84. The molecular weight excluding hydrogens is 226 g/mol. The van der Waals surface area contributed by atoms with Crippen molar-refractivity contribution in [2.24, 2.45) is 0 Å². The first-order valence-electron chi connectivity index (χ1n) is 5.50. The average Bonchev–Trinajstić information content (AvgIpc) is 2.93. The smallest absolute Gasteiger partial charge is 0.0996 e. The fraction of sp³-hybridized carbons (Fsp3) is 0. The van der Waals surface area contributed by atoms with Crippen molar-refractivity contribution in [1.29, 1.82) is 0 Å². The molecule has 0 aliphatic rings. The van der Waals surface area contributed by atoms with Crippen molar-refractivity contribution in [3.8, 4) is 22.5 Å². The van der Waals surface area contributed by atoms with Crippen LogP contribution in [0.2, 0.25) is 0 Å². The van der Waals surface area contributed by atoms with Gasteiger partial charge in [0.05, 0.1) is 17.6 Å². The molecule has 0 saturated carbocycles. The molecule has 0 atom stereocenters. The molecule has 0 aliphatic carbocycles. The highest BCUT2D eigenvalue weighted by atomic mass is 15.1. The molecule has 0 spiro atoms. The third-order valence-electron chi connectivity index (χ3n) is 2.65. The van der Waals surface area contributed by atoms with Gasteiger partial charge in [-0.1, -0.05) is 12.1 Å². The standard InChI is InChI=1S/C13H11N5/c14-11-3-1-9(2-4-11)12-13(16-6-5-15-12)10-7-17-18-8-10/h1-8H,14H2,(H,17,18). The van der Waals surface area contributed by atoms with E-state index in [2.05, 4.69) is 20.2 Å². The molecule has 1 aromatic carbocycles. The third-order valence-corrected chi connectivity index (χ3v) is 2.65. The van der Waals surface area contributed by atoms with Crippen molar-refractivity contribution in [2.45, 2.75) is 0 Å². The van der Waals surface area contributed by atoms with Crippen LogP contribution in [0.15, 0.2) is 49.1 Å². The van der Waals surface area contributed by atoms with Gasteiger partial charge in [0.25, 0.3) is 0 Å². The zero-order valence-corrected chi connectivity index (χ0v) is 9.54. The van der Waals surface area contributed by atoms with Gasteiger partial charge in [-0.2, -0.15) is 5.10 Å². The predicted molar refractivity (Wildman–Crippen MR) is 69.5 cm³/mol. The number of nitrogens with zero attached hydrogens (tertiary/aromatic N) is 3. The van der Waals surface area contributed by atoms with Crippen LogP contribution in [0.3, 0.4) is 0 Å². The van der Waals surface area contributed by atoms with E-state index in [-0.39, 0.29) is 0 Å². The largest absolute Gasteiger partial charge is 0.399 e. The third kappa shape index (κ3) is 1.82.